The highest BCUT2D eigenvalue weighted by molar-refractivity contribution is 7.18. The molecule has 0 bridgehead atoms. The second kappa shape index (κ2) is 3.30. The topological polar surface area (TPSA) is 58.3 Å². The molecule has 1 aromatic rings. The van der Waals surface area contributed by atoms with Crippen molar-refractivity contribution in [1.82, 2.24) is 9.55 Å². The molecule has 0 aromatic carbocycles. The van der Waals surface area contributed by atoms with E-state index < -0.39 is 5.34 Å². The molecule has 0 amide bonds. The summed E-state index contributed by atoms with van der Waals surface area (Å²) in [6.45, 7) is 0.0456. The van der Waals surface area contributed by atoms with Crippen molar-refractivity contribution >= 4 is 9.24 Å². The summed E-state index contributed by atoms with van der Waals surface area (Å²) in [5, 5.41) is 16.9. The van der Waals surface area contributed by atoms with Gasteiger partial charge < -0.3 is 14.8 Å². The van der Waals surface area contributed by atoms with Gasteiger partial charge in [0.15, 0.2) is 0 Å². The maximum absolute atomic E-state index is 9.36. The van der Waals surface area contributed by atoms with Gasteiger partial charge in [-0.25, -0.2) is 4.98 Å². The van der Waals surface area contributed by atoms with Crippen molar-refractivity contribution in [3.05, 3.63) is 18.7 Å². The van der Waals surface area contributed by atoms with Crippen molar-refractivity contribution in [1.29, 1.82) is 0 Å². The van der Waals surface area contributed by atoms with Gasteiger partial charge in [-0.1, -0.05) is 9.24 Å². The Bertz CT molecular complexity index is 210. The smallest absolute Gasteiger partial charge is 0.118 e. The van der Waals surface area contributed by atoms with Crippen molar-refractivity contribution < 1.29 is 10.2 Å². The van der Waals surface area contributed by atoms with Gasteiger partial charge in [-0.15, -0.1) is 0 Å². The summed E-state index contributed by atoms with van der Waals surface area (Å²) < 4.78 is 1.70. The highest BCUT2D eigenvalue weighted by atomic mass is 31.0. The standard InChI is InChI=1S/C6H11N2O2P/c9-4-6(10,11)3-8-2-1-7-5-8/h1-2,5,9-10H,3-4,11H2. The SMILES string of the molecule is OCC(O)(P)Cn1ccnc1. The van der Waals surface area contributed by atoms with Crippen molar-refractivity contribution in [3.8, 4) is 0 Å². The molecule has 1 aromatic heterocycles. The molecule has 5 heteroatoms. The van der Waals surface area contributed by atoms with Gasteiger partial charge in [0.2, 0.25) is 0 Å². The minimum Gasteiger partial charge on any atom is -0.393 e. The normalized spacial score (nSPS) is 16.3. The highest BCUT2D eigenvalue weighted by Gasteiger charge is 2.18. The number of hydrogen-bond donors (Lipinski definition) is 2. The molecule has 0 aliphatic rings. The molecular formula is C6H11N2O2P. The molecule has 0 saturated heterocycles. The van der Waals surface area contributed by atoms with Crippen LogP contribution in [0, 0.1) is 0 Å². The van der Waals surface area contributed by atoms with Gasteiger partial charge in [0.1, 0.15) is 5.34 Å². The van der Waals surface area contributed by atoms with Crippen LogP contribution in [-0.4, -0.2) is 31.7 Å². The average Bonchev–Trinajstić information content (AvgIpc) is 2.39. The highest BCUT2D eigenvalue weighted by Crippen LogP contribution is 2.15. The minimum absolute atomic E-state index is 0.282. The zero-order chi connectivity index (χ0) is 8.32. The van der Waals surface area contributed by atoms with Crippen molar-refractivity contribution in [2.24, 2.45) is 0 Å². The van der Waals surface area contributed by atoms with Crippen LogP contribution in [-0.2, 0) is 6.54 Å². The summed E-state index contributed by atoms with van der Waals surface area (Å²) in [5.41, 5.74) is 0. The van der Waals surface area contributed by atoms with E-state index in [0.717, 1.165) is 0 Å². The first-order valence-electron chi connectivity index (χ1n) is 3.22. The second-order valence-electron chi connectivity index (χ2n) is 2.50. The van der Waals surface area contributed by atoms with Gasteiger partial charge in [-0.2, -0.15) is 0 Å². The van der Waals surface area contributed by atoms with Gasteiger partial charge >= 0.3 is 0 Å². The van der Waals surface area contributed by atoms with Crippen molar-refractivity contribution in [2.45, 2.75) is 11.9 Å². The molecule has 0 fully saturated rings. The average molecular weight is 174 g/mol. The van der Waals surface area contributed by atoms with Crippen LogP contribution in [0.4, 0.5) is 0 Å². The summed E-state index contributed by atoms with van der Waals surface area (Å²) in [6, 6.07) is 0. The van der Waals surface area contributed by atoms with Gasteiger partial charge in [0.25, 0.3) is 0 Å². The predicted molar refractivity (Wildman–Crippen MR) is 44.0 cm³/mol. The lowest BCUT2D eigenvalue weighted by atomic mass is 10.3. The number of aliphatic hydroxyl groups is 2. The summed E-state index contributed by atoms with van der Waals surface area (Å²) in [5.74, 6) is 0. The molecular weight excluding hydrogens is 163 g/mol. The van der Waals surface area contributed by atoms with Gasteiger partial charge in [0.05, 0.1) is 19.5 Å². The van der Waals surface area contributed by atoms with E-state index in [1.54, 1.807) is 23.3 Å². The first kappa shape index (κ1) is 8.65. The molecule has 2 atom stereocenters. The van der Waals surface area contributed by atoms with E-state index in [-0.39, 0.29) is 6.61 Å². The number of hydrogen-bond acceptors (Lipinski definition) is 3. The monoisotopic (exact) mass is 174 g/mol. The van der Waals surface area contributed by atoms with E-state index in [9.17, 15) is 5.11 Å². The zero-order valence-electron chi connectivity index (χ0n) is 6.01. The minimum atomic E-state index is -1.14. The molecule has 0 aliphatic heterocycles. The lowest BCUT2D eigenvalue weighted by molar-refractivity contribution is 0.0497. The molecule has 0 radical (unpaired) electrons. The van der Waals surface area contributed by atoms with Crippen LogP contribution in [0.25, 0.3) is 0 Å². The second-order valence-corrected chi connectivity index (χ2v) is 3.57. The third-order valence-electron chi connectivity index (χ3n) is 1.29. The van der Waals surface area contributed by atoms with Gasteiger partial charge in [-0.05, 0) is 0 Å². The van der Waals surface area contributed by atoms with Crippen LogP contribution in [0.3, 0.4) is 0 Å². The molecule has 62 valence electrons. The van der Waals surface area contributed by atoms with Crippen LogP contribution in [0.5, 0.6) is 0 Å². The van der Waals surface area contributed by atoms with Crippen LogP contribution < -0.4 is 0 Å². The first-order chi connectivity index (χ1) is 5.14. The van der Waals surface area contributed by atoms with Crippen LogP contribution in [0.2, 0.25) is 0 Å². The van der Waals surface area contributed by atoms with E-state index in [1.165, 1.54) is 0 Å². The largest absolute Gasteiger partial charge is 0.393 e. The number of imidazole rings is 1. The quantitative estimate of drug-likeness (QED) is 0.604. The zero-order valence-corrected chi connectivity index (χ0v) is 7.17. The molecule has 0 spiro atoms. The van der Waals surface area contributed by atoms with Crippen LogP contribution in [0.15, 0.2) is 18.7 Å². The van der Waals surface area contributed by atoms with Crippen LogP contribution in [0.1, 0.15) is 0 Å². The first-order valence-corrected chi connectivity index (χ1v) is 3.80. The molecule has 1 heterocycles. The number of aromatic nitrogens is 2. The fraction of sp³-hybridized carbons (Fsp3) is 0.500. The number of aliphatic hydroxyl groups excluding tert-OH is 1. The maximum Gasteiger partial charge on any atom is 0.118 e. The molecule has 0 saturated carbocycles. The number of nitrogens with zero attached hydrogens (tertiary/aromatic N) is 2. The molecule has 11 heavy (non-hydrogen) atoms. The molecule has 0 aliphatic carbocycles. The Hall–Kier alpha value is -0.440. The Labute approximate surface area is 67.1 Å². The van der Waals surface area contributed by atoms with E-state index in [0.29, 0.717) is 6.54 Å². The van der Waals surface area contributed by atoms with Crippen molar-refractivity contribution in [3.63, 3.8) is 0 Å². The fourth-order valence-corrected chi connectivity index (χ4v) is 0.957. The summed E-state index contributed by atoms with van der Waals surface area (Å²) in [7, 11) is 2.19. The molecule has 2 unspecified atom stereocenters. The summed E-state index contributed by atoms with van der Waals surface area (Å²) in [6.07, 6.45) is 4.94. The van der Waals surface area contributed by atoms with Crippen LogP contribution >= 0.6 is 9.24 Å². The third kappa shape index (κ3) is 2.58. The summed E-state index contributed by atoms with van der Waals surface area (Å²) >= 11 is 0. The Morgan fingerprint density at radius 3 is 2.82 bits per heavy atom. The van der Waals surface area contributed by atoms with Crippen molar-refractivity contribution in [2.75, 3.05) is 6.61 Å². The predicted octanol–water partition coefficient (Wildman–Crippen LogP) is -0.561. The Morgan fingerprint density at radius 2 is 2.36 bits per heavy atom. The van der Waals surface area contributed by atoms with Gasteiger partial charge in [0, 0.05) is 12.4 Å². The fourth-order valence-electron chi connectivity index (χ4n) is 0.746. The van der Waals surface area contributed by atoms with Gasteiger partial charge in [-0.3, -0.25) is 0 Å². The molecule has 2 N–H and O–H groups in total. The lowest BCUT2D eigenvalue weighted by Gasteiger charge is -2.19. The van der Waals surface area contributed by atoms with E-state index in [2.05, 4.69) is 14.2 Å². The van der Waals surface area contributed by atoms with E-state index in [4.69, 9.17) is 5.11 Å². The molecule has 4 nitrogen and oxygen atoms in total. The van der Waals surface area contributed by atoms with E-state index in [1.807, 2.05) is 0 Å². The maximum atomic E-state index is 9.36. The molecule has 1 rings (SSSR count). The Balaban J connectivity index is 2.56. The third-order valence-corrected chi connectivity index (χ3v) is 1.65. The van der Waals surface area contributed by atoms with E-state index >= 15 is 0 Å². The lowest BCUT2D eigenvalue weighted by Crippen LogP contribution is -2.30. The number of rotatable bonds is 3. The Kier molecular flexibility index (Phi) is 2.60. The Morgan fingerprint density at radius 1 is 1.64 bits per heavy atom. The summed E-state index contributed by atoms with van der Waals surface area (Å²) in [4.78, 5) is 3.80.